The summed E-state index contributed by atoms with van der Waals surface area (Å²) in [5.74, 6) is -0.333. The quantitative estimate of drug-likeness (QED) is 0.437. The van der Waals surface area contributed by atoms with Crippen LogP contribution in [0.25, 0.3) is 0 Å². The molecule has 1 aromatic rings. The van der Waals surface area contributed by atoms with Gasteiger partial charge in [0.25, 0.3) is 0 Å². The Morgan fingerprint density at radius 2 is 1.87 bits per heavy atom. The molecule has 0 unspecified atom stereocenters. The van der Waals surface area contributed by atoms with Crippen LogP contribution in [0.3, 0.4) is 0 Å². The van der Waals surface area contributed by atoms with Crippen molar-refractivity contribution in [1.29, 1.82) is 0 Å². The van der Waals surface area contributed by atoms with Gasteiger partial charge in [-0.05, 0) is 0 Å². The SMILES string of the molecule is CC(=O)NNC=CC(=O)c1ccccc1. The zero-order valence-electron chi connectivity index (χ0n) is 8.36. The van der Waals surface area contributed by atoms with Gasteiger partial charge in [0, 0.05) is 24.8 Å². The Bertz CT molecular complexity index is 371. The summed E-state index contributed by atoms with van der Waals surface area (Å²) in [4.78, 5) is 21.9. The maximum atomic E-state index is 11.4. The number of hydrogen-bond donors (Lipinski definition) is 2. The van der Waals surface area contributed by atoms with Crippen molar-refractivity contribution < 1.29 is 9.59 Å². The van der Waals surface area contributed by atoms with Crippen LogP contribution < -0.4 is 10.9 Å². The number of benzene rings is 1. The molecule has 1 amide bonds. The van der Waals surface area contributed by atoms with Crippen molar-refractivity contribution in [3.8, 4) is 0 Å². The number of rotatable bonds is 4. The van der Waals surface area contributed by atoms with E-state index in [2.05, 4.69) is 10.9 Å². The van der Waals surface area contributed by atoms with E-state index in [-0.39, 0.29) is 11.7 Å². The molecule has 78 valence electrons. The van der Waals surface area contributed by atoms with E-state index >= 15 is 0 Å². The van der Waals surface area contributed by atoms with Gasteiger partial charge in [-0.3, -0.25) is 15.0 Å². The third kappa shape index (κ3) is 4.08. The molecule has 0 atom stereocenters. The second-order valence-electron chi connectivity index (χ2n) is 2.89. The highest BCUT2D eigenvalue weighted by molar-refractivity contribution is 6.04. The van der Waals surface area contributed by atoms with Crippen LogP contribution in [0.1, 0.15) is 17.3 Å². The fourth-order valence-corrected chi connectivity index (χ4v) is 0.959. The average Bonchev–Trinajstić information content (AvgIpc) is 2.25. The molecule has 0 aliphatic rings. The molecular weight excluding hydrogens is 192 g/mol. The van der Waals surface area contributed by atoms with E-state index in [9.17, 15) is 9.59 Å². The number of carbonyl (C=O) groups is 2. The van der Waals surface area contributed by atoms with E-state index in [0.29, 0.717) is 5.56 Å². The third-order valence-corrected chi connectivity index (χ3v) is 1.62. The summed E-state index contributed by atoms with van der Waals surface area (Å²) in [5, 5.41) is 0. The molecular formula is C11H12N2O2. The smallest absolute Gasteiger partial charge is 0.235 e. The van der Waals surface area contributed by atoms with Gasteiger partial charge in [-0.1, -0.05) is 30.3 Å². The molecule has 0 saturated carbocycles. The Morgan fingerprint density at radius 1 is 1.20 bits per heavy atom. The van der Waals surface area contributed by atoms with Crippen molar-refractivity contribution in [2.24, 2.45) is 0 Å². The van der Waals surface area contributed by atoms with Crippen molar-refractivity contribution >= 4 is 11.7 Å². The Hall–Kier alpha value is -2.10. The molecule has 0 fully saturated rings. The highest BCUT2D eigenvalue weighted by Gasteiger charge is 1.98. The van der Waals surface area contributed by atoms with Gasteiger partial charge in [-0.15, -0.1) is 0 Å². The summed E-state index contributed by atoms with van der Waals surface area (Å²) in [6, 6.07) is 8.89. The Balaban J connectivity index is 2.46. The van der Waals surface area contributed by atoms with E-state index in [1.165, 1.54) is 19.2 Å². The molecule has 0 bridgehead atoms. The molecule has 0 aliphatic carbocycles. The van der Waals surface area contributed by atoms with Crippen LogP contribution >= 0.6 is 0 Å². The largest absolute Gasteiger partial charge is 0.306 e. The molecule has 0 aliphatic heterocycles. The predicted octanol–water partition coefficient (Wildman–Crippen LogP) is 1.02. The maximum absolute atomic E-state index is 11.4. The molecule has 1 rings (SSSR count). The monoisotopic (exact) mass is 204 g/mol. The number of allylic oxidation sites excluding steroid dienone is 1. The van der Waals surface area contributed by atoms with Crippen molar-refractivity contribution in [2.45, 2.75) is 6.92 Å². The van der Waals surface area contributed by atoms with Crippen molar-refractivity contribution in [3.63, 3.8) is 0 Å². The Labute approximate surface area is 88.0 Å². The molecule has 0 saturated heterocycles. The van der Waals surface area contributed by atoms with Gasteiger partial charge in [0.2, 0.25) is 5.91 Å². The van der Waals surface area contributed by atoms with Gasteiger partial charge in [0.05, 0.1) is 0 Å². The first-order valence-electron chi connectivity index (χ1n) is 4.48. The van der Waals surface area contributed by atoms with Gasteiger partial charge >= 0.3 is 0 Å². The van der Waals surface area contributed by atoms with Crippen LogP contribution in [0.5, 0.6) is 0 Å². The van der Waals surface area contributed by atoms with Crippen molar-refractivity contribution in [3.05, 3.63) is 48.2 Å². The van der Waals surface area contributed by atoms with E-state index in [4.69, 9.17) is 0 Å². The zero-order valence-corrected chi connectivity index (χ0v) is 8.36. The molecule has 2 N–H and O–H groups in total. The minimum atomic E-state index is -0.216. The number of hydrogen-bond acceptors (Lipinski definition) is 3. The molecule has 0 aromatic heterocycles. The van der Waals surface area contributed by atoms with Crippen molar-refractivity contribution in [2.75, 3.05) is 0 Å². The lowest BCUT2D eigenvalue weighted by atomic mass is 10.1. The molecule has 0 spiro atoms. The number of hydrazine groups is 1. The second-order valence-corrected chi connectivity index (χ2v) is 2.89. The first-order chi connectivity index (χ1) is 7.20. The number of nitrogens with one attached hydrogen (secondary N) is 2. The van der Waals surface area contributed by atoms with E-state index < -0.39 is 0 Å². The predicted molar refractivity (Wildman–Crippen MR) is 56.9 cm³/mol. The lowest BCUT2D eigenvalue weighted by Crippen LogP contribution is -2.31. The molecule has 0 heterocycles. The fourth-order valence-electron chi connectivity index (χ4n) is 0.959. The lowest BCUT2D eigenvalue weighted by Gasteiger charge is -1.98. The van der Waals surface area contributed by atoms with Crippen LogP contribution in [0, 0.1) is 0 Å². The average molecular weight is 204 g/mol. The third-order valence-electron chi connectivity index (χ3n) is 1.62. The summed E-state index contributed by atoms with van der Waals surface area (Å²) in [7, 11) is 0. The van der Waals surface area contributed by atoms with Gasteiger partial charge in [0.15, 0.2) is 5.78 Å². The van der Waals surface area contributed by atoms with E-state index in [0.717, 1.165) is 0 Å². The second kappa shape index (κ2) is 5.59. The van der Waals surface area contributed by atoms with Crippen LogP contribution in [-0.2, 0) is 4.79 Å². The molecule has 1 aromatic carbocycles. The van der Waals surface area contributed by atoms with Crippen molar-refractivity contribution in [1.82, 2.24) is 10.9 Å². The topological polar surface area (TPSA) is 58.2 Å². The lowest BCUT2D eigenvalue weighted by molar-refractivity contribution is -0.119. The van der Waals surface area contributed by atoms with Crippen LogP contribution in [0.2, 0.25) is 0 Å². The molecule has 4 nitrogen and oxygen atoms in total. The highest BCUT2D eigenvalue weighted by atomic mass is 16.2. The first kappa shape index (κ1) is 11.0. The molecule has 0 radical (unpaired) electrons. The van der Waals surface area contributed by atoms with Gasteiger partial charge in [0.1, 0.15) is 0 Å². The Morgan fingerprint density at radius 3 is 2.47 bits per heavy atom. The summed E-state index contributed by atoms with van der Waals surface area (Å²) in [5.41, 5.74) is 5.42. The summed E-state index contributed by atoms with van der Waals surface area (Å²) >= 11 is 0. The van der Waals surface area contributed by atoms with Gasteiger partial charge in [-0.25, -0.2) is 0 Å². The van der Waals surface area contributed by atoms with Crippen LogP contribution in [-0.4, -0.2) is 11.7 Å². The number of carbonyl (C=O) groups excluding carboxylic acids is 2. The maximum Gasteiger partial charge on any atom is 0.235 e. The standard InChI is InChI=1S/C11H12N2O2/c1-9(14)13-12-8-7-11(15)10-5-3-2-4-6-10/h2-8,12H,1H3,(H,13,14). The highest BCUT2D eigenvalue weighted by Crippen LogP contribution is 1.99. The summed E-state index contributed by atoms with van der Waals surface area (Å²) in [6.45, 7) is 1.37. The first-order valence-corrected chi connectivity index (χ1v) is 4.48. The number of ketones is 1. The fraction of sp³-hybridized carbons (Fsp3) is 0.0909. The number of amides is 1. The Kier molecular flexibility index (Phi) is 4.09. The van der Waals surface area contributed by atoms with Gasteiger partial charge < -0.3 is 5.43 Å². The molecule has 15 heavy (non-hydrogen) atoms. The van der Waals surface area contributed by atoms with Crippen LogP contribution in [0.15, 0.2) is 42.6 Å². The normalized spacial score (nSPS) is 9.93. The minimum Gasteiger partial charge on any atom is -0.306 e. The molecule has 4 heteroatoms. The minimum absolute atomic E-state index is 0.117. The zero-order chi connectivity index (χ0) is 11.1. The van der Waals surface area contributed by atoms with E-state index in [1.54, 1.807) is 24.3 Å². The van der Waals surface area contributed by atoms with E-state index in [1.807, 2.05) is 6.07 Å². The summed E-state index contributed by atoms with van der Waals surface area (Å²) < 4.78 is 0. The van der Waals surface area contributed by atoms with Crippen LogP contribution in [0.4, 0.5) is 0 Å². The van der Waals surface area contributed by atoms with Gasteiger partial charge in [-0.2, -0.15) is 0 Å². The summed E-state index contributed by atoms with van der Waals surface area (Å²) in [6.07, 6.45) is 2.74.